The van der Waals surface area contributed by atoms with Crippen molar-refractivity contribution in [1.82, 2.24) is 0 Å². The van der Waals surface area contributed by atoms with Crippen molar-refractivity contribution in [2.45, 2.75) is 13.3 Å². The fourth-order valence-electron chi connectivity index (χ4n) is 0. The third-order valence-corrected chi connectivity index (χ3v) is 1.43. The summed E-state index contributed by atoms with van der Waals surface area (Å²) >= 11 is 1.52. The number of hydrogen-bond acceptors (Lipinski definition) is 0. The SMILES string of the molecule is [CH2-][C](=[W])CC.[V]. The minimum atomic E-state index is 0. The van der Waals surface area contributed by atoms with E-state index in [2.05, 4.69) is 13.8 Å². The molecule has 0 N–H and O–H groups in total. The second-order valence-electron chi connectivity index (χ2n) is 0.892. The van der Waals surface area contributed by atoms with E-state index in [1.54, 1.807) is 0 Å². The van der Waals surface area contributed by atoms with Crippen molar-refractivity contribution in [3.63, 3.8) is 0 Å². The molecule has 0 bridgehead atoms. The molecule has 0 aromatic carbocycles. The number of hydrogen-bond donors (Lipinski definition) is 0. The fraction of sp³-hybridized carbons (Fsp3) is 0.500. The van der Waals surface area contributed by atoms with Gasteiger partial charge in [-0.05, 0) is 0 Å². The van der Waals surface area contributed by atoms with Gasteiger partial charge in [-0.25, -0.2) is 0 Å². The van der Waals surface area contributed by atoms with Gasteiger partial charge in [0.15, 0.2) is 0 Å². The molecule has 6 heavy (non-hydrogen) atoms. The molecule has 0 saturated heterocycles. The van der Waals surface area contributed by atoms with Gasteiger partial charge in [0.1, 0.15) is 0 Å². The van der Waals surface area contributed by atoms with Gasteiger partial charge in [-0.3, -0.25) is 0 Å². The monoisotopic (exact) mass is 290 g/mol. The van der Waals surface area contributed by atoms with Crippen molar-refractivity contribution in [2.24, 2.45) is 0 Å². The summed E-state index contributed by atoms with van der Waals surface area (Å²) in [7, 11) is 0. The Morgan fingerprint density at radius 2 is 2.00 bits per heavy atom. The molecule has 2 heteroatoms. The van der Waals surface area contributed by atoms with Gasteiger partial charge < -0.3 is 0 Å². The molecule has 0 rings (SSSR count). The molecular weight excluding hydrogens is 283 g/mol. The summed E-state index contributed by atoms with van der Waals surface area (Å²) < 4.78 is 1.34. The first-order valence-electron chi connectivity index (χ1n) is 1.62. The van der Waals surface area contributed by atoms with Crippen LogP contribution in [0.3, 0.4) is 0 Å². The Kier molecular flexibility index (Phi) is 10.4. The van der Waals surface area contributed by atoms with Gasteiger partial charge in [-0.15, -0.1) is 0 Å². The molecule has 0 aliphatic carbocycles. The number of rotatable bonds is 1. The largest absolute Gasteiger partial charge is 0 e. The van der Waals surface area contributed by atoms with Crippen LogP contribution in [0, 0.1) is 6.92 Å². The second kappa shape index (κ2) is 6.14. The molecule has 0 aliphatic rings. The summed E-state index contributed by atoms with van der Waals surface area (Å²) in [4.78, 5) is 0. The molecule has 0 atom stereocenters. The van der Waals surface area contributed by atoms with Crippen molar-refractivity contribution < 1.29 is 37.9 Å². The first kappa shape index (κ1) is 10.2. The molecule has 0 aliphatic heterocycles. The average Bonchev–Trinajstić information content (AvgIpc) is 1.38. The maximum Gasteiger partial charge on any atom is 0 e. The molecular formula is C4H7VW-. The van der Waals surface area contributed by atoms with Crippen LogP contribution in [0.5, 0.6) is 0 Å². The van der Waals surface area contributed by atoms with E-state index in [-0.39, 0.29) is 18.6 Å². The Bertz CT molecular complexity index is 42.8. The molecule has 0 heterocycles. The summed E-state index contributed by atoms with van der Waals surface area (Å²) in [5.41, 5.74) is 0. The molecule has 0 saturated carbocycles. The van der Waals surface area contributed by atoms with Crippen LogP contribution in [0.15, 0.2) is 0 Å². The van der Waals surface area contributed by atoms with Crippen LogP contribution in [-0.2, 0) is 37.9 Å². The summed E-state index contributed by atoms with van der Waals surface area (Å²) in [6.45, 7) is 5.83. The summed E-state index contributed by atoms with van der Waals surface area (Å²) in [6, 6.07) is 0. The topological polar surface area (TPSA) is 0 Å². The van der Waals surface area contributed by atoms with Gasteiger partial charge in [-0.1, -0.05) is 0 Å². The summed E-state index contributed by atoms with van der Waals surface area (Å²) in [5.74, 6) is 0. The van der Waals surface area contributed by atoms with Gasteiger partial charge in [-0.2, -0.15) is 0 Å². The van der Waals surface area contributed by atoms with Crippen LogP contribution in [0.2, 0.25) is 0 Å². The first-order valence-corrected chi connectivity index (χ1v) is 3.09. The molecule has 1 radical (unpaired) electrons. The molecule has 0 aromatic heterocycles. The Labute approximate surface area is 62.0 Å². The summed E-state index contributed by atoms with van der Waals surface area (Å²) in [5, 5.41) is 0. The molecule has 0 nitrogen and oxygen atoms in total. The minimum Gasteiger partial charge on any atom is 0 e. The fourth-order valence-corrected chi connectivity index (χ4v) is 0. The zero-order valence-electron chi connectivity index (χ0n) is 3.77. The Morgan fingerprint density at radius 3 is 2.00 bits per heavy atom. The zero-order valence-corrected chi connectivity index (χ0v) is 8.10. The second-order valence-corrected chi connectivity index (χ2v) is 2.97. The maximum atomic E-state index is 3.71. The van der Waals surface area contributed by atoms with Gasteiger partial charge in [0, 0.05) is 18.6 Å². The van der Waals surface area contributed by atoms with Gasteiger partial charge in [0.25, 0.3) is 0 Å². The van der Waals surface area contributed by atoms with E-state index in [0.29, 0.717) is 0 Å². The zero-order chi connectivity index (χ0) is 4.28. The van der Waals surface area contributed by atoms with Crippen molar-refractivity contribution in [2.75, 3.05) is 0 Å². The molecule has 0 aromatic rings. The Balaban J connectivity index is 0. The van der Waals surface area contributed by atoms with E-state index < -0.39 is 0 Å². The smallest absolute Gasteiger partial charge is 0 e. The Hall–Kier alpha value is 1.14. The van der Waals surface area contributed by atoms with Crippen molar-refractivity contribution >= 4 is 3.90 Å². The van der Waals surface area contributed by atoms with Crippen LogP contribution >= 0.6 is 0 Å². The van der Waals surface area contributed by atoms with Gasteiger partial charge in [0.2, 0.25) is 0 Å². The van der Waals surface area contributed by atoms with Gasteiger partial charge in [0.05, 0.1) is 0 Å². The van der Waals surface area contributed by atoms with Crippen LogP contribution in [0.4, 0.5) is 0 Å². The quantitative estimate of drug-likeness (QED) is 0.631. The summed E-state index contributed by atoms with van der Waals surface area (Å²) in [6.07, 6.45) is 1.15. The predicted octanol–water partition coefficient (Wildman–Crippen LogP) is 0.947. The molecule has 0 spiro atoms. The Morgan fingerprint density at radius 1 is 1.83 bits per heavy atom. The van der Waals surface area contributed by atoms with Crippen LogP contribution in [0.25, 0.3) is 0 Å². The molecule has 0 fully saturated rings. The van der Waals surface area contributed by atoms with Gasteiger partial charge >= 0.3 is 43.5 Å². The predicted molar refractivity (Wildman–Crippen MR) is 20.7 cm³/mol. The molecule has 0 unspecified atom stereocenters. The van der Waals surface area contributed by atoms with E-state index in [0.717, 1.165) is 6.42 Å². The molecule has 0 amide bonds. The minimum absolute atomic E-state index is 0. The maximum absolute atomic E-state index is 3.71. The van der Waals surface area contributed by atoms with Crippen molar-refractivity contribution in [1.29, 1.82) is 0 Å². The van der Waals surface area contributed by atoms with E-state index in [1.165, 1.54) is 23.3 Å². The van der Waals surface area contributed by atoms with Crippen LogP contribution in [-0.4, -0.2) is 3.90 Å². The average molecular weight is 290 g/mol. The standard InChI is InChI=1S/C4H7.V.W/c1-3-4-2;;/h1,4H2,2H3;;/q-1;;. The van der Waals surface area contributed by atoms with E-state index in [9.17, 15) is 0 Å². The third-order valence-electron chi connectivity index (χ3n) is 0.394. The van der Waals surface area contributed by atoms with Crippen molar-refractivity contribution in [3.05, 3.63) is 6.92 Å². The van der Waals surface area contributed by atoms with E-state index >= 15 is 0 Å². The normalized spacial score (nSPS) is 6.33. The van der Waals surface area contributed by atoms with Crippen LogP contribution < -0.4 is 0 Å². The van der Waals surface area contributed by atoms with Crippen LogP contribution in [0.1, 0.15) is 13.3 Å². The van der Waals surface area contributed by atoms with E-state index in [1.807, 2.05) is 0 Å². The first-order chi connectivity index (χ1) is 2.27. The van der Waals surface area contributed by atoms with Crippen molar-refractivity contribution in [3.8, 4) is 0 Å². The third kappa shape index (κ3) is 8.94. The van der Waals surface area contributed by atoms with E-state index in [4.69, 9.17) is 0 Å². The molecule has 35 valence electrons.